The number of carbonyl (C=O) groups excluding carboxylic acids is 1. The van der Waals surface area contributed by atoms with E-state index in [1.165, 1.54) is 24.9 Å². The lowest BCUT2D eigenvalue weighted by molar-refractivity contribution is -0.127. The third-order valence-electron chi connectivity index (χ3n) is 4.62. The quantitative estimate of drug-likeness (QED) is 0.844. The molecule has 2 aliphatic rings. The molecule has 1 aromatic rings. The van der Waals surface area contributed by atoms with Crippen LogP contribution in [0.25, 0.3) is 0 Å². The molecule has 4 nitrogen and oxygen atoms in total. The van der Waals surface area contributed by atoms with Crippen LogP contribution in [-0.4, -0.2) is 42.0 Å². The van der Waals surface area contributed by atoms with Crippen LogP contribution in [0.15, 0.2) is 24.5 Å². The summed E-state index contributed by atoms with van der Waals surface area (Å²) in [6.45, 7) is 4.21. The maximum atomic E-state index is 11.6. The van der Waals surface area contributed by atoms with E-state index < -0.39 is 0 Å². The first-order valence-electron chi connectivity index (χ1n) is 7.75. The van der Waals surface area contributed by atoms with E-state index >= 15 is 0 Å². The third kappa shape index (κ3) is 3.11. The number of nitrogens with zero attached hydrogens (tertiary/aromatic N) is 3. The Kier molecular flexibility index (Phi) is 4.19. The summed E-state index contributed by atoms with van der Waals surface area (Å²) >= 11 is 0. The predicted octanol–water partition coefficient (Wildman–Crippen LogP) is 2.31. The number of likely N-dealkylation sites (tertiary alicyclic amines) is 1. The number of rotatable bonds is 4. The van der Waals surface area contributed by atoms with Crippen molar-refractivity contribution >= 4 is 11.6 Å². The lowest BCUT2D eigenvalue weighted by atomic mass is 9.93. The minimum absolute atomic E-state index is 0.360. The van der Waals surface area contributed by atoms with Crippen molar-refractivity contribution in [2.45, 2.75) is 32.1 Å². The molecule has 2 aliphatic heterocycles. The fourth-order valence-electron chi connectivity index (χ4n) is 3.31. The maximum absolute atomic E-state index is 11.6. The first-order chi connectivity index (χ1) is 9.83. The average molecular weight is 273 g/mol. The number of aromatic nitrogens is 1. The molecule has 0 unspecified atom stereocenters. The van der Waals surface area contributed by atoms with E-state index in [4.69, 9.17) is 0 Å². The highest BCUT2D eigenvalue weighted by Gasteiger charge is 2.23. The van der Waals surface area contributed by atoms with E-state index in [0.29, 0.717) is 5.91 Å². The summed E-state index contributed by atoms with van der Waals surface area (Å²) < 4.78 is 0. The molecule has 0 bridgehead atoms. The van der Waals surface area contributed by atoms with Crippen molar-refractivity contribution in [1.82, 2.24) is 9.88 Å². The first kappa shape index (κ1) is 13.4. The van der Waals surface area contributed by atoms with Crippen LogP contribution < -0.4 is 4.90 Å². The van der Waals surface area contributed by atoms with Gasteiger partial charge in [-0.1, -0.05) is 0 Å². The third-order valence-corrected chi connectivity index (χ3v) is 4.62. The molecule has 0 aromatic carbocycles. The Hall–Kier alpha value is -1.58. The molecule has 0 aliphatic carbocycles. The number of amides is 1. The highest BCUT2D eigenvalue weighted by molar-refractivity contribution is 5.77. The molecule has 1 amide bonds. The van der Waals surface area contributed by atoms with Crippen LogP contribution in [0.5, 0.6) is 0 Å². The SMILES string of the molecule is O=C1CCCN1CCC1CCN(c2ccncc2)CC1. The number of hydrogen-bond acceptors (Lipinski definition) is 3. The monoisotopic (exact) mass is 273 g/mol. The fraction of sp³-hybridized carbons (Fsp3) is 0.625. The Morgan fingerprint density at radius 1 is 1.15 bits per heavy atom. The van der Waals surface area contributed by atoms with Gasteiger partial charge in [0.15, 0.2) is 0 Å². The molecule has 0 saturated carbocycles. The summed E-state index contributed by atoms with van der Waals surface area (Å²) in [5.74, 6) is 1.14. The van der Waals surface area contributed by atoms with Gasteiger partial charge in [-0.3, -0.25) is 9.78 Å². The van der Waals surface area contributed by atoms with E-state index in [1.807, 2.05) is 12.4 Å². The molecule has 20 heavy (non-hydrogen) atoms. The molecule has 1 aromatic heterocycles. The molecule has 108 valence electrons. The predicted molar refractivity (Wildman–Crippen MR) is 79.6 cm³/mol. The van der Waals surface area contributed by atoms with Crippen molar-refractivity contribution in [3.63, 3.8) is 0 Å². The van der Waals surface area contributed by atoms with E-state index in [9.17, 15) is 4.79 Å². The molecule has 0 radical (unpaired) electrons. The number of anilines is 1. The topological polar surface area (TPSA) is 36.4 Å². The highest BCUT2D eigenvalue weighted by Crippen LogP contribution is 2.25. The molecule has 3 heterocycles. The number of hydrogen-bond donors (Lipinski definition) is 0. The minimum Gasteiger partial charge on any atom is -0.371 e. The number of piperidine rings is 1. The second-order valence-corrected chi connectivity index (χ2v) is 5.91. The second kappa shape index (κ2) is 6.25. The number of pyridine rings is 1. The summed E-state index contributed by atoms with van der Waals surface area (Å²) in [6.07, 6.45) is 9.20. The second-order valence-electron chi connectivity index (χ2n) is 5.91. The molecular formula is C16H23N3O. The Balaban J connectivity index is 1.43. The fourth-order valence-corrected chi connectivity index (χ4v) is 3.31. The zero-order valence-corrected chi connectivity index (χ0v) is 12.0. The normalized spacial score (nSPS) is 20.7. The van der Waals surface area contributed by atoms with Gasteiger partial charge in [0.05, 0.1) is 0 Å². The molecule has 0 spiro atoms. The lowest BCUT2D eigenvalue weighted by Gasteiger charge is -2.34. The van der Waals surface area contributed by atoms with Gasteiger partial charge in [-0.05, 0) is 43.7 Å². The van der Waals surface area contributed by atoms with E-state index in [0.717, 1.165) is 44.9 Å². The van der Waals surface area contributed by atoms with Crippen LogP contribution >= 0.6 is 0 Å². The summed E-state index contributed by atoms with van der Waals surface area (Å²) in [4.78, 5) is 20.2. The van der Waals surface area contributed by atoms with E-state index in [2.05, 4.69) is 26.9 Å². The van der Waals surface area contributed by atoms with Crippen molar-refractivity contribution in [3.8, 4) is 0 Å². The molecular weight excluding hydrogens is 250 g/mol. The molecule has 0 N–H and O–H groups in total. The van der Waals surface area contributed by atoms with E-state index in [-0.39, 0.29) is 0 Å². The van der Waals surface area contributed by atoms with E-state index in [1.54, 1.807) is 0 Å². The maximum Gasteiger partial charge on any atom is 0.222 e. The highest BCUT2D eigenvalue weighted by atomic mass is 16.2. The van der Waals surface area contributed by atoms with Crippen LogP contribution in [-0.2, 0) is 4.79 Å². The first-order valence-corrected chi connectivity index (χ1v) is 7.75. The molecule has 4 heteroatoms. The average Bonchev–Trinajstić information content (AvgIpc) is 2.92. The van der Waals surface area contributed by atoms with Crippen LogP contribution in [0, 0.1) is 5.92 Å². The van der Waals surface area contributed by atoms with Crippen LogP contribution in [0.3, 0.4) is 0 Å². The van der Waals surface area contributed by atoms with Gasteiger partial charge in [0.1, 0.15) is 0 Å². The Morgan fingerprint density at radius 3 is 2.55 bits per heavy atom. The Labute approximate surface area is 120 Å². The number of carbonyl (C=O) groups is 1. The molecule has 3 rings (SSSR count). The van der Waals surface area contributed by atoms with Gasteiger partial charge >= 0.3 is 0 Å². The van der Waals surface area contributed by atoms with Crippen LogP contribution in [0.2, 0.25) is 0 Å². The molecule has 2 saturated heterocycles. The van der Waals surface area contributed by atoms with Crippen LogP contribution in [0.1, 0.15) is 32.1 Å². The van der Waals surface area contributed by atoms with Gasteiger partial charge < -0.3 is 9.80 Å². The van der Waals surface area contributed by atoms with Crippen molar-refractivity contribution in [2.75, 3.05) is 31.1 Å². The van der Waals surface area contributed by atoms with Gasteiger partial charge in [0.25, 0.3) is 0 Å². The Bertz CT molecular complexity index is 440. The zero-order valence-electron chi connectivity index (χ0n) is 12.0. The van der Waals surface area contributed by atoms with Crippen molar-refractivity contribution in [1.29, 1.82) is 0 Å². The lowest BCUT2D eigenvalue weighted by Crippen LogP contribution is -2.35. The van der Waals surface area contributed by atoms with Crippen molar-refractivity contribution < 1.29 is 4.79 Å². The Morgan fingerprint density at radius 2 is 1.90 bits per heavy atom. The molecule has 2 fully saturated rings. The van der Waals surface area contributed by atoms with Crippen molar-refractivity contribution in [2.24, 2.45) is 5.92 Å². The summed E-state index contributed by atoms with van der Waals surface area (Å²) in [5, 5.41) is 0. The van der Waals surface area contributed by atoms with Gasteiger partial charge in [-0.25, -0.2) is 0 Å². The molecule has 0 atom stereocenters. The summed E-state index contributed by atoms with van der Waals surface area (Å²) in [6, 6.07) is 4.17. The minimum atomic E-state index is 0.360. The summed E-state index contributed by atoms with van der Waals surface area (Å²) in [7, 11) is 0. The smallest absolute Gasteiger partial charge is 0.222 e. The van der Waals surface area contributed by atoms with Crippen LogP contribution in [0.4, 0.5) is 5.69 Å². The van der Waals surface area contributed by atoms with Crippen molar-refractivity contribution in [3.05, 3.63) is 24.5 Å². The van der Waals surface area contributed by atoms with Gasteiger partial charge in [-0.15, -0.1) is 0 Å². The largest absolute Gasteiger partial charge is 0.371 e. The van der Waals surface area contributed by atoms with Gasteiger partial charge in [0, 0.05) is 50.7 Å². The summed E-state index contributed by atoms with van der Waals surface area (Å²) in [5.41, 5.74) is 1.29. The standard InChI is InChI=1S/C16H23N3O/c20-16-2-1-10-19(16)13-7-14-5-11-18(12-6-14)15-3-8-17-9-4-15/h3-4,8-9,14H,1-2,5-7,10-13H2. The van der Waals surface area contributed by atoms with Gasteiger partial charge in [0.2, 0.25) is 5.91 Å². The van der Waals surface area contributed by atoms with Gasteiger partial charge in [-0.2, -0.15) is 0 Å². The zero-order chi connectivity index (χ0) is 13.8.